The van der Waals surface area contributed by atoms with Gasteiger partial charge in [0.2, 0.25) is 5.91 Å². The van der Waals surface area contributed by atoms with Crippen LogP contribution < -0.4 is 10.6 Å². The Balaban J connectivity index is 1.80. The van der Waals surface area contributed by atoms with Gasteiger partial charge in [-0.15, -0.1) is 0 Å². The molecule has 3 rings (SSSR count). The smallest absolute Gasteiger partial charge is 0.233 e. The summed E-state index contributed by atoms with van der Waals surface area (Å²) in [5.74, 6) is 0.0369. The zero-order valence-electron chi connectivity index (χ0n) is 11.2. The number of rotatable bonds is 2. The maximum absolute atomic E-state index is 12.4. The maximum Gasteiger partial charge on any atom is 0.233 e. The molecule has 4 nitrogen and oxygen atoms in total. The molecule has 2 aromatic rings. The normalized spacial score (nSPS) is 22.9. The van der Waals surface area contributed by atoms with Gasteiger partial charge in [-0.3, -0.25) is 4.79 Å². The highest BCUT2D eigenvalue weighted by Gasteiger charge is 2.35. The highest BCUT2D eigenvalue weighted by atomic mass is 35.5. The van der Waals surface area contributed by atoms with Crippen molar-refractivity contribution in [1.82, 2.24) is 10.3 Å². The van der Waals surface area contributed by atoms with Crippen LogP contribution in [-0.2, 0) is 4.79 Å². The number of halogens is 1. The Morgan fingerprint density at radius 2 is 2.40 bits per heavy atom. The lowest BCUT2D eigenvalue weighted by molar-refractivity contribution is -0.125. The second kappa shape index (κ2) is 5.31. The van der Waals surface area contributed by atoms with Crippen molar-refractivity contribution in [2.45, 2.75) is 19.8 Å². The lowest BCUT2D eigenvalue weighted by Crippen LogP contribution is -2.46. The zero-order valence-corrected chi connectivity index (χ0v) is 12.8. The zero-order chi connectivity index (χ0) is 14.2. The third-order valence-corrected chi connectivity index (χ3v) is 4.89. The van der Waals surface area contributed by atoms with Crippen molar-refractivity contribution in [3.63, 3.8) is 0 Å². The van der Waals surface area contributed by atoms with Gasteiger partial charge < -0.3 is 10.6 Å². The molecule has 1 aliphatic heterocycles. The van der Waals surface area contributed by atoms with Gasteiger partial charge in [-0.1, -0.05) is 22.9 Å². The molecule has 20 heavy (non-hydrogen) atoms. The first-order valence-electron chi connectivity index (χ1n) is 6.65. The number of aromatic nitrogens is 1. The Hall–Kier alpha value is -1.17. The molecule has 0 bridgehead atoms. The van der Waals surface area contributed by atoms with E-state index in [0.29, 0.717) is 10.2 Å². The van der Waals surface area contributed by atoms with E-state index in [1.165, 1.54) is 11.3 Å². The Morgan fingerprint density at radius 3 is 3.15 bits per heavy atom. The molecule has 106 valence electrons. The van der Waals surface area contributed by atoms with E-state index in [0.717, 1.165) is 36.1 Å². The number of amides is 1. The summed E-state index contributed by atoms with van der Waals surface area (Å²) in [5, 5.41) is 7.55. The van der Waals surface area contributed by atoms with E-state index in [1.54, 1.807) is 0 Å². The molecular weight excluding hydrogens is 294 g/mol. The number of benzene rings is 1. The van der Waals surface area contributed by atoms with Gasteiger partial charge >= 0.3 is 0 Å². The van der Waals surface area contributed by atoms with Crippen LogP contribution >= 0.6 is 22.9 Å². The molecule has 0 spiro atoms. The molecule has 2 heterocycles. The van der Waals surface area contributed by atoms with E-state index in [2.05, 4.69) is 15.6 Å². The van der Waals surface area contributed by atoms with Gasteiger partial charge in [-0.05, 0) is 44.5 Å². The molecule has 0 saturated carbocycles. The average molecular weight is 310 g/mol. The standard InChI is InChI=1S/C14H16ClN3OS/c1-14(5-2-6-16-8-14)12(19)18-13-17-10-4-3-9(15)7-11(10)20-13/h3-4,7,16H,2,5-6,8H2,1H3,(H,17,18,19). The first kappa shape index (κ1) is 13.8. The number of fused-ring (bicyclic) bond motifs is 1. The number of nitrogens with one attached hydrogen (secondary N) is 2. The van der Waals surface area contributed by atoms with Gasteiger partial charge in [0.15, 0.2) is 5.13 Å². The molecule has 1 aromatic carbocycles. The van der Waals surface area contributed by atoms with Crippen molar-refractivity contribution in [3.8, 4) is 0 Å². The number of hydrogen-bond donors (Lipinski definition) is 2. The first-order valence-corrected chi connectivity index (χ1v) is 7.85. The third-order valence-electron chi connectivity index (χ3n) is 3.72. The summed E-state index contributed by atoms with van der Waals surface area (Å²) in [7, 11) is 0. The van der Waals surface area contributed by atoms with E-state index in [4.69, 9.17) is 11.6 Å². The van der Waals surface area contributed by atoms with Crippen LogP contribution in [0, 0.1) is 5.41 Å². The van der Waals surface area contributed by atoms with E-state index in [1.807, 2.05) is 25.1 Å². The van der Waals surface area contributed by atoms with Crippen LogP contribution in [0.25, 0.3) is 10.2 Å². The Morgan fingerprint density at radius 1 is 1.55 bits per heavy atom. The SMILES string of the molecule is CC1(C(=O)Nc2nc3ccc(Cl)cc3s2)CCCNC1. The van der Waals surface area contributed by atoms with Crippen LogP contribution in [0.4, 0.5) is 5.13 Å². The lowest BCUT2D eigenvalue weighted by atomic mass is 9.82. The van der Waals surface area contributed by atoms with Gasteiger partial charge in [0.05, 0.1) is 15.6 Å². The molecule has 0 aliphatic carbocycles. The van der Waals surface area contributed by atoms with Gasteiger partial charge in [-0.2, -0.15) is 0 Å². The molecule has 6 heteroatoms. The van der Waals surface area contributed by atoms with Crippen molar-refractivity contribution in [1.29, 1.82) is 0 Å². The van der Waals surface area contributed by atoms with Crippen molar-refractivity contribution in [2.24, 2.45) is 5.41 Å². The molecule has 2 N–H and O–H groups in total. The van der Waals surface area contributed by atoms with Crippen molar-refractivity contribution in [3.05, 3.63) is 23.2 Å². The minimum atomic E-state index is -0.353. The highest BCUT2D eigenvalue weighted by molar-refractivity contribution is 7.22. The predicted molar refractivity (Wildman–Crippen MR) is 83.5 cm³/mol. The number of piperidine rings is 1. The predicted octanol–water partition coefficient (Wildman–Crippen LogP) is 3.28. The maximum atomic E-state index is 12.4. The fraction of sp³-hybridized carbons (Fsp3) is 0.429. The summed E-state index contributed by atoms with van der Waals surface area (Å²) in [4.78, 5) is 16.8. The average Bonchev–Trinajstić information content (AvgIpc) is 2.81. The summed E-state index contributed by atoms with van der Waals surface area (Å²) in [6.45, 7) is 3.71. The molecule has 1 unspecified atom stereocenters. The fourth-order valence-electron chi connectivity index (χ4n) is 2.45. The van der Waals surface area contributed by atoms with Crippen LogP contribution in [0.3, 0.4) is 0 Å². The molecule has 1 saturated heterocycles. The second-order valence-electron chi connectivity index (χ2n) is 5.43. The number of hydrogen-bond acceptors (Lipinski definition) is 4. The summed E-state index contributed by atoms with van der Waals surface area (Å²) < 4.78 is 0.986. The molecule has 1 aliphatic rings. The highest BCUT2D eigenvalue weighted by Crippen LogP contribution is 2.31. The van der Waals surface area contributed by atoms with Crippen molar-refractivity contribution in [2.75, 3.05) is 18.4 Å². The number of anilines is 1. The van der Waals surface area contributed by atoms with Gasteiger partial charge in [0, 0.05) is 11.6 Å². The van der Waals surface area contributed by atoms with Crippen molar-refractivity contribution >= 4 is 44.2 Å². The summed E-state index contributed by atoms with van der Waals surface area (Å²) in [6.07, 6.45) is 1.93. The quantitative estimate of drug-likeness (QED) is 0.895. The summed E-state index contributed by atoms with van der Waals surface area (Å²) in [6, 6.07) is 5.55. The minimum Gasteiger partial charge on any atom is -0.316 e. The molecule has 0 radical (unpaired) electrons. The van der Waals surface area contributed by atoms with Gasteiger partial charge in [-0.25, -0.2) is 4.98 Å². The van der Waals surface area contributed by atoms with Crippen molar-refractivity contribution < 1.29 is 4.79 Å². The largest absolute Gasteiger partial charge is 0.316 e. The van der Waals surface area contributed by atoms with E-state index < -0.39 is 0 Å². The molecule has 1 aromatic heterocycles. The number of carbonyl (C=O) groups excluding carboxylic acids is 1. The Kier molecular flexibility index (Phi) is 3.67. The lowest BCUT2D eigenvalue weighted by Gasteiger charge is -2.32. The minimum absolute atomic E-state index is 0.0369. The Bertz CT molecular complexity index is 649. The molecule has 1 atom stereocenters. The summed E-state index contributed by atoms with van der Waals surface area (Å²) in [5.41, 5.74) is 0.509. The number of carbonyl (C=O) groups is 1. The third kappa shape index (κ3) is 2.66. The van der Waals surface area contributed by atoms with Gasteiger partial charge in [0.25, 0.3) is 0 Å². The monoisotopic (exact) mass is 309 g/mol. The molecular formula is C14H16ClN3OS. The number of thiazole rings is 1. The summed E-state index contributed by atoms with van der Waals surface area (Å²) >= 11 is 7.42. The van der Waals surface area contributed by atoms with Crippen LogP contribution in [0.1, 0.15) is 19.8 Å². The van der Waals surface area contributed by atoms with E-state index in [-0.39, 0.29) is 11.3 Å². The Labute approximate surface area is 126 Å². The van der Waals surface area contributed by atoms with E-state index in [9.17, 15) is 4.79 Å². The number of nitrogens with zero attached hydrogens (tertiary/aromatic N) is 1. The fourth-order valence-corrected chi connectivity index (χ4v) is 3.59. The second-order valence-corrected chi connectivity index (χ2v) is 6.89. The van der Waals surface area contributed by atoms with Crippen LogP contribution in [0.2, 0.25) is 5.02 Å². The first-order chi connectivity index (χ1) is 9.57. The van der Waals surface area contributed by atoms with Crippen LogP contribution in [0.5, 0.6) is 0 Å². The van der Waals surface area contributed by atoms with E-state index >= 15 is 0 Å². The van der Waals surface area contributed by atoms with Crippen LogP contribution in [0.15, 0.2) is 18.2 Å². The molecule has 1 amide bonds. The molecule has 1 fully saturated rings. The topological polar surface area (TPSA) is 54.0 Å². The van der Waals surface area contributed by atoms with Crippen LogP contribution in [-0.4, -0.2) is 24.0 Å². The van der Waals surface area contributed by atoms with Gasteiger partial charge in [0.1, 0.15) is 0 Å².